The van der Waals surface area contributed by atoms with Crippen LogP contribution in [0.15, 0.2) is 24.3 Å². The molecule has 0 aliphatic heterocycles. The van der Waals surface area contributed by atoms with Gasteiger partial charge < -0.3 is 20.1 Å². The summed E-state index contributed by atoms with van der Waals surface area (Å²) in [7, 11) is 3.64. The molecule has 114 valence electrons. The fraction of sp³-hybridized carbons (Fsp3) is 0.438. The number of methoxy groups -OCH3 is 1. The fourth-order valence-electron chi connectivity index (χ4n) is 2.37. The number of anilines is 2. The van der Waals surface area contributed by atoms with Gasteiger partial charge in [-0.1, -0.05) is 12.1 Å². The monoisotopic (exact) mass is 289 g/mol. The van der Waals surface area contributed by atoms with Crippen molar-refractivity contribution in [1.29, 1.82) is 0 Å². The largest absolute Gasteiger partial charge is 0.395 e. The molecular weight excluding hydrogens is 266 g/mol. The topological polar surface area (TPSA) is 57.6 Å². The Bertz CT molecular complexity index is 601. The molecule has 1 aromatic carbocycles. The second kappa shape index (κ2) is 7.24. The van der Waals surface area contributed by atoms with Crippen molar-refractivity contribution in [2.45, 2.75) is 6.92 Å². The SMILES string of the molecule is COCCNc1cccc2c(N(C)CCO)nc(C)cc12. The normalized spacial score (nSPS) is 10.9. The summed E-state index contributed by atoms with van der Waals surface area (Å²) in [6.45, 7) is 4.09. The number of hydrogen-bond donors (Lipinski definition) is 2. The van der Waals surface area contributed by atoms with E-state index >= 15 is 0 Å². The van der Waals surface area contributed by atoms with E-state index in [1.54, 1.807) is 7.11 Å². The van der Waals surface area contributed by atoms with Gasteiger partial charge >= 0.3 is 0 Å². The number of likely N-dealkylation sites (N-methyl/N-ethyl adjacent to an activating group) is 1. The molecule has 0 radical (unpaired) electrons. The third-order valence-electron chi connectivity index (χ3n) is 3.40. The molecule has 0 saturated heterocycles. The molecule has 0 fully saturated rings. The maximum Gasteiger partial charge on any atom is 0.136 e. The molecule has 0 saturated carbocycles. The van der Waals surface area contributed by atoms with E-state index < -0.39 is 0 Å². The van der Waals surface area contributed by atoms with Crippen molar-refractivity contribution in [3.8, 4) is 0 Å². The minimum Gasteiger partial charge on any atom is -0.395 e. The smallest absolute Gasteiger partial charge is 0.136 e. The Morgan fingerprint density at radius 3 is 2.86 bits per heavy atom. The van der Waals surface area contributed by atoms with Gasteiger partial charge in [-0.25, -0.2) is 4.98 Å². The second-order valence-electron chi connectivity index (χ2n) is 5.05. The van der Waals surface area contributed by atoms with Crippen molar-refractivity contribution in [3.63, 3.8) is 0 Å². The Labute approximate surface area is 125 Å². The van der Waals surface area contributed by atoms with E-state index in [-0.39, 0.29) is 6.61 Å². The van der Waals surface area contributed by atoms with Crippen molar-refractivity contribution >= 4 is 22.3 Å². The minimum absolute atomic E-state index is 0.111. The first-order chi connectivity index (χ1) is 10.2. The molecule has 2 N–H and O–H groups in total. The van der Waals surface area contributed by atoms with Crippen LogP contribution in [0.1, 0.15) is 5.69 Å². The molecule has 1 heterocycles. The zero-order chi connectivity index (χ0) is 15.2. The van der Waals surface area contributed by atoms with Gasteiger partial charge in [0.1, 0.15) is 5.82 Å². The summed E-state index contributed by atoms with van der Waals surface area (Å²) in [5.74, 6) is 0.898. The number of fused-ring (bicyclic) bond motifs is 1. The van der Waals surface area contributed by atoms with Gasteiger partial charge in [-0.15, -0.1) is 0 Å². The lowest BCUT2D eigenvalue weighted by Crippen LogP contribution is -2.22. The average Bonchev–Trinajstić information content (AvgIpc) is 2.47. The van der Waals surface area contributed by atoms with Crippen LogP contribution in [0, 0.1) is 6.92 Å². The van der Waals surface area contributed by atoms with Crippen LogP contribution in [0.4, 0.5) is 11.5 Å². The lowest BCUT2D eigenvalue weighted by atomic mass is 10.1. The molecule has 5 heteroatoms. The number of aliphatic hydroxyl groups is 1. The first-order valence-electron chi connectivity index (χ1n) is 7.12. The molecule has 2 aromatic rings. The minimum atomic E-state index is 0.111. The van der Waals surface area contributed by atoms with Crippen molar-refractivity contribution in [1.82, 2.24) is 4.98 Å². The first kappa shape index (κ1) is 15.5. The quantitative estimate of drug-likeness (QED) is 0.764. The highest BCUT2D eigenvalue weighted by atomic mass is 16.5. The molecule has 0 atom stereocenters. The number of nitrogens with zero attached hydrogens (tertiary/aromatic N) is 2. The van der Waals surface area contributed by atoms with Crippen molar-refractivity contribution < 1.29 is 9.84 Å². The predicted molar refractivity (Wildman–Crippen MR) is 87.2 cm³/mol. The van der Waals surface area contributed by atoms with Crippen molar-refractivity contribution in [2.75, 3.05) is 50.7 Å². The highest BCUT2D eigenvalue weighted by Crippen LogP contribution is 2.30. The molecule has 0 aliphatic carbocycles. The van der Waals surface area contributed by atoms with Crippen LogP contribution in [0.25, 0.3) is 10.8 Å². The molecule has 0 amide bonds. The summed E-state index contributed by atoms with van der Waals surface area (Å²) in [4.78, 5) is 6.60. The summed E-state index contributed by atoms with van der Waals surface area (Å²) >= 11 is 0. The van der Waals surface area contributed by atoms with Gasteiger partial charge in [-0.2, -0.15) is 0 Å². The summed E-state index contributed by atoms with van der Waals surface area (Å²) < 4.78 is 5.08. The van der Waals surface area contributed by atoms with Gasteiger partial charge in [0.15, 0.2) is 0 Å². The average molecular weight is 289 g/mol. The lowest BCUT2D eigenvalue weighted by Gasteiger charge is -2.20. The van der Waals surface area contributed by atoms with E-state index in [0.29, 0.717) is 13.2 Å². The van der Waals surface area contributed by atoms with Crippen LogP contribution in [0.3, 0.4) is 0 Å². The van der Waals surface area contributed by atoms with E-state index in [0.717, 1.165) is 34.5 Å². The molecule has 5 nitrogen and oxygen atoms in total. The van der Waals surface area contributed by atoms with Crippen molar-refractivity contribution in [3.05, 3.63) is 30.0 Å². The fourth-order valence-corrected chi connectivity index (χ4v) is 2.37. The van der Waals surface area contributed by atoms with E-state index in [9.17, 15) is 0 Å². The van der Waals surface area contributed by atoms with Crippen LogP contribution < -0.4 is 10.2 Å². The van der Waals surface area contributed by atoms with Crippen LogP contribution in [0.5, 0.6) is 0 Å². The van der Waals surface area contributed by atoms with E-state index in [2.05, 4.69) is 28.5 Å². The third kappa shape index (κ3) is 3.62. The van der Waals surface area contributed by atoms with Gasteiger partial charge in [-0.05, 0) is 19.1 Å². The number of aliphatic hydroxyl groups excluding tert-OH is 1. The van der Waals surface area contributed by atoms with Gasteiger partial charge in [0.2, 0.25) is 0 Å². The van der Waals surface area contributed by atoms with Crippen LogP contribution in [0.2, 0.25) is 0 Å². The van der Waals surface area contributed by atoms with Crippen LogP contribution in [-0.2, 0) is 4.74 Å². The Morgan fingerprint density at radius 1 is 1.33 bits per heavy atom. The second-order valence-corrected chi connectivity index (χ2v) is 5.05. The Kier molecular flexibility index (Phi) is 5.36. The lowest BCUT2D eigenvalue weighted by molar-refractivity contribution is 0.211. The Hall–Kier alpha value is -1.85. The van der Waals surface area contributed by atoms with Gasteiger partial charge in [0.25, 0.3) is 0 Å². The number of nitrogens with one attached hydrogen (secondary N) is 1. The Morgan fingerprint density at radius 2 is 2.14 bits per heavy atom. The molecule has 0 unspecified atom stereocenters. The molecule has 1 aromatic heterocycles. The number of aryl methyl sites for hydroxylation is 1. The van der Waals surface area contributed by atoms with Crippen LogP contribution in [-0.4, -0.2) is 50.6 Å². The number of pyridine rings is 1. The number of aromatic nitrogens is 1. The maximum absolute atomic E-state index is 9.14. The summed E-state index contributed by atoms with van der Waals surface area (Å²) in [5, 5.41) is 14.8. The highest BCUT2D eigenvalue weighted by Gasteiger charge is 2.11. The molecule has 0 bridgehead atoms. The van der Waals surface area contributed by atoms with Gasteiger partial charge in [0.05, 0.1) is 13.2 Å². The van der Waals surface area contributed by atoms with Gasteiger partial charge in [0, 0.05) is 49.4 Å². The summed E-state index contributed by atoms with van der Waals surface area (Å²) in [5.41, 5.74) is 2.04. The molecular formula is C16H23N3O2. The zero-order valence-corrected chi connectivity index (χ0v) is 12.9. The molecule has 0 spiro atoms. The zero-order valence-electron chi connectivity index (χ0n) is 12.9. The summed E-state index contributed by atoms with van der Waals surface area (Å²) in [6.07, 6.45) is 0. The molecule has 0 aliphatic rings. The van der Waals surface area contributed by atoms with Gasteiger partial charge in [-0.3, -0.25) is 0 Å². The van der Waals surface area contributed by atoms with E-state index in [1.807, 2.05) is 24.9 Å². The third-order valence-corrected chi connectivity index (χ3v) is 3.40. The van der Waals surface area contributed by atoms with E-state index in [4.69, 9.17) is 9.84 Å². The number of hydrogen-bond acceptors (Lipinski definition) is 5. The van der Waals surface area contributed by atoms with Crippen molar-refractivity contribution in [2.24, 2.45) is 0 Å². The number of rotatable bonds is 7. The number of benzene rings is 1. The molecule has 21 heavy (non-hydrogen) atoms. The van der Waals surface area contributed by atoms with Crippen LogP contribution >= 0.6 is 0 Å². The maximum atomic E-state index is 9.14. The first-order valence-corrected chi connectivity index (χ1v) is 7.12. The van der Waals surface area contributed by atoms with E-state index in [1.165, 1.54) is 0 Å². The summed E-state index contributed by atoms with van der Waals surface area (Å²) in [6, 6.07) is 8.23. The number of ether oxygens (including phenoxy) is 1. The molecule has 2 rings (SSSR count). The highest BCUT2D eigenvalue weighted by molar-refractivity contribution is 6.00. The standard InChI is InChI=1S/C16H23N3O2/c1-12-11-14-13(16(18-12)19(2)8-9-20)5-4-6-15(14)17-7-10-21-3/h4-6,11,17,20H,7-10H2,1-3H3. The predicted octanol–water partition coefficient (Wildman–Crippen LogP) is 2.03. The Balaban J connectivity index is 2.44.